The van der Waals surface area contributed by atoms with Crippen molar-refractivity contribution < 1.29 is 9.53 Å². The Morgan fingerprint density at radius 2 is 2.00 bits per heavy atom. The van der Waals surface area contributed by atoms with Gasteiger partial charge in [0.15, 0.2) is 0 Å². The van der Waals surface area contributed by atoms with Crippen molar-refractivity contribution in [3.63, 3.8) is 0 Å². The summed E-state index contributed by atoms with van der Waals surface area (Å²) in [5, 5.41) is 3.56. The van der Waals surface area contributed by atoms with Crippen molar-refractivity contribution in [3.05, 3.63) is 70.8 Å². The van der Waals surface area contributed by atoms with Gasteiger partial charge in [-0.05, 0) is 48.4 Å². The van der Waals surface area contributed by atoms with E-state index < -0.39 is 0 Å². The molecule has 0 radical (unpaired) electrons. The van der Waals surface area contributed by atoms with Crippen molar-refractivity contribution in [2.24, 2.45) is 0 Å². The van der Waals surface area contributed by atoms with Gasteiger partial charge in [-0.2, -0.15) is 0 Å². The molecule has 0 saturated heterocycles. The average Bonchev–Trinajstić information content (AvgIpc) is 2.53. The van der Waals surface area contributed by atoms with Crippen LogP contribution in [0.1, 0.15) is 24.1 Å². The minimum absolute atomic E-state index is 0.110. The molecule has 0 fully saturated rings. The van der Waals surface area contributed by atoms with Crippen LogP contribution in [0.5, 0.6) is 5.75 Å². The molecule has 0 aliphatic rings. The Hall–Kier alpha value is -2.26. The van der Waals surface area contributed by atoms with E-state index >= 15 is 0 Å². The highest BCUT2D eigenvalue weighted by Crippen LogP contribution is 2.17. The second-order valence-electron chi connectivity index (χ2n) is 4.90. The largest absolute Gasteiger partial charge is 0.497 e. The molecule has 4 heteroatoms. The number of hydrogen-bond acceptors (Lipinski definition) is 2. The summed E-state index contributed by atoms with van der Waals surface area (Å²) in [6.07, 6.45) is 3.26. The van der Waals surface area contributed by atoms with E-state index in [1.165, 1.54) is 6.08 Å². The zero-order valence-corrected chi connectivity index (χ0v) is 13.3. The number of methoxy groups -OCH3 is 1. The van der Waals surface area contributed by atoms with Crippen LogP contribution in [0.4, 0.5) is 0 Å². The van der Waals surface area contributed by atoms with Gasteiger partial charge in [-0.25, -0.2) is 0 Å². The molecular weight excluding hydrogens is 298 g/mol. The van der Waals surface area contributed by atoms with Crippen LogP contribution in [-0.4, -0.2) is 13.0 Å². The van der Waals surface area contributed by atoms with Crippen LogP contribution in [0.25, 0.3) is 6.08 Å². The zero-order chi connectivity index (χ0) is 15.9. The minimum atomic E-state index is -0.157. The van der Waals surface area contributed by atoms with Gasteiger partial charge < -0.3 is 10.1 Å². The van der Waals surface area contributed by atoms with Crippen molar-refractivity contribution in [1.82, 2.24) is 5.32 Å². The summed E-state index contributed by atoms with van der Waals surface area (Å²) >= 11 is 5.96. The lowest BCUT2D eigenvalue weighted by Crippen LogP contribution is -2.24. The number of benzene rings is 2. The Morgan fingerprint density at radius 3 is 2.73 bits per heavy atom. The topological polar surface area (TPSA) is 38.3 Å². The molecule has 1 N–H and O–H groups in total. The third-order valence-corrected chi connectivity index (χ3v) is 3.46. The van der Waals surface area contributed by atoms with Crippen molar-refractivity contribution in [2.75, 3.05) is 7.11 Å². The van der Waals surface area contributed by atoms with Crippen LogP contribution < -0.4 is 10.1 Å². The van der Waals surface area contributed by atoms with Gasteiger partial charge >= 0.3 is 0 Å². The van der Waals surface area contributed by atoms with Crippen LogP contribution in [-0.2, 0) is 4.79 Å². The lowest BCUT2D eigenvalue weighted by molar-refractivity contribution is -0.117. The standard InChI is InChI=1S/C18H18ClNO2/c1-13(15-6-4-7-16(19)12-15)20-18(21)10-9-14-5-3-8-17(11-14)22-2/h3-13H,1-2H3,(H,20,21)/b10-9+/t13-/m1/s1. The summed E-state index contributed by atoms with van der Waals surface area (Å²) in [4.78, 5) is 12.0. The zero-order valence-electron chi connectivity index (χ0n) is 12.5. The summed E-state index contributed by atoms with van der Waals surface area (Å²) < 4.78 is 5.15. The van der Waals surface area contributed by atoms with E-state index in [2.05, 4.69) is 5.32 Å². The molecule has 0 aliphatic carbocycles. The number of ether oxygens (including phenoxy) is 1. The van der Waals surface area contributed by atoms with Gasteiger partial charge in [0.1, 0.15) is 5.75 Å². The van der Waals surface area contributed by atoms with Crippen LogP contribution in [0.15, 0.2) is 54.6 Å². The first-order chi connectivity index (χ1) is 10.6. The Bertz CT molecular complexity index is 682. The Kier molecular flexibility index (Phi) is 5.61. The fourth-order valence-electron chi connectivity index (χ4n) is 2.04. The number of rotatable bonds is 5. The summed E-state index contributed by atoms with van der Waals surface area (Å²) in [5.74, 6) is 0.602. The monoisotopic (exact) mass is 315 g/mol. The fraction of sp³-hybridized carbons (Fsp3) is 0.167. The highest BCUT2D eigenvalue weighted by molar-refractivity contribution is 6.30. The summed E-state index contributed by atoms with van der Waals surface area (Å²) in [6.45, 7) is 1.92. The number of amides is 1. The van der Waals surface area contributed by atoms with Crippen molar-refractivity contribution >= 4 is 23.6 Å². The second kappa shape index (κ2) is 7.66. The predicted molar refractivity (Wildman–Crippen MR) is 90.0 cm³/mol. The molecule has 2 aromatic rings. The molecule has 0 saturated carbocycles. The Labute approximate surface area is 135 Å². The van der Waals surface area contributed by atoms with Crippen molar-refractivity contribution in [1.29, 1.82) is 0 Å². The first kappa shape index (κ1) is 16.1. The lowest BCUT2D eigenvalue weighted by atomic mass is 10.1. The van der Waals surface area contributed by atoms with Crippen LogP contribution in [0, 0.1) is 0 Å². The second-order valence-corrected chi connectivity index (χ2v) is 5.33. The quantitative estimate of drug-likeness (QED) is 0.838. The molecule has 3 nitrogen and oxygen atoms in total. The van der Waals surface area contributed by atoms with Gasteiger partial charge in [0.05, 0.1) is 13.2 Å². The highest BCUT2D eigenvalue weighted by atomic mass is 35.5. The summed E-state index contributed by atoms with van der Waals surface area (Å²) in [6, 6.07) is 14.9. The number of carbonyl (C=O) groups excluding carboxylic acids is 1. The smallest absolute Gasteiger partial charge is 0.244 e. The van der Waals surface area contributed by atoms with Gasteiger partial charge in [0.2, 0.25) is 5.91 Å². The molecule has 1 atom stereocenters. The number of hydrogen-bond donors (Lipinski definition) is 1. The Morgan fingerprint density at radius 1 is 1.23 bits per heavy atom. The van der Waals surface area contributed by atoms with Crippen LogP contribution in [0.3, 0.4) is 0 Å². The van der Waals surface area contributed by atoms with E-state index in [-0.39, 0.29) is 11.9 Å². The molecule has 114 valence electrons. The molecule has 0 bridgehead atoms. The van der Waals surface area contributed by atoms with E-state index in [9.17, 15) is 4.79 Å². The maximum atomic E-state index is 12.0. The van der Waals surface area contributed by atoms with Gasteiger partial charge in [-0.1, -0.05) is 35.9 Å². The molecule has 22 heavy (non-hydrogen) atoms. The molecule has 2 aromatic carbocycles. The normalized spacial score (nSPS) is 12.1. The van der Waals surface area contributed by atoms with E-state index in [1.54, 1.807) is 13.2 Å². The molecule has 2 rings (SSSR count). The van der Waals surface area contributed by atoms with Gasteiger partial charge in [-0.3, -0.25) is 4.79 Å². The van der Waals surface area contributed by atoms with E-state index in [1.807, 2.05) is 55.5 Å². The highest BCUT2D eigenvalue weighted by Gasteiger charge is 2.07. The van der Waals surface area contributed by atoms with E-state index in [4.69, 9.17) is 16.3 Å². The SMILES string of the molecule is COc1cccc(/C=C/C(=O)N[C@H](C)c2cccc(Cl)c2)c1. The lowest BCUT2D eigenvalue weighted by Gasteiger charge is -2.13. The first-order valence-electron chi connectivity index (χ1n) is 6.96. The predicted octanol–water partition coefficient (Wildman–Crippen LogP) is 4.24. The van der Waals surface area contributed by atoms with Crippen molar-refractivity contribution in [2.45, 2.75) is 13.0 Å². The molecule has 0 spiro atoms. The van der Waals surface area contributed by atoms with Crippen molar-refractivity contribution in [3.8, 4) is 5.75 Å². The number of halogens is 1. The third kappa shape index (κ3) is 4.64. The van der Waals surface area contributed by atoms with Crippen LogP contribution >= 0.6 is 11.6 Å². The summed E-state index contributed by atoms with van der Waals surface area (Å²) in [7, 11) is 1.61. The molecule has 1 amide bonds. The first-order valence-corrected chi connectivity index (χ1v) is 7.34. The number of nitrogens with one attached hydrogen (secondary N) is 1. The minimum Gasteiger partial charge on any atom is -0.497 e. The maximum Gasteiger partial charge on any atom is 0.244 e. The summed E-state index contributed by atoms with van der Waals surface area (Å²) in [5.41, 5.74) is 1.88. The van der Waals surface area contributed by atoms with Gasteiger partial charge in [0.25, 0.3) is 0 Å². The fourth-order valence-corrected chi connectivity index (χ4v) is 2.24. The average molecular weight is 316 g/mol. The van der Waals surface area contributed by atoms with Gasteiger partial charge in [0, 0.05) is 11.1 Å². The molecule has 0 heterocycles. The number of carbonyl (C=O) groups is 1. The van der Waals surface area contributed by atoms with Gasteiger partial charge in [-0.15, -0.1) is 0 Å². The molecular formula is C18H18ClNO2. The Balaban J connectivity index is 1.98. The molecule has 0 unspecified atom stereocenters. The van der Waals surface area contributed by atoms with E-state index in [0.717, 1.165) is 16.9 Å². The van der Waals surface area contributed by atoms with Crippen LogP contribution in [0.2, 0.25) is 5.02 Å². The third-order valence-electron chi connectivity index (χ3n) is 3.23. The molecule has 0 aromatic heterocycles. The maximum absolute atomic E-state index is 12.0. The van der Waals surface area contributed by atoms with E-state index in [0.29, 0.717) is 5.02 Å². The molecule has 0 aliphatic heterocycles.